The predicted molar refractivity (Wildman–Crippen MR) is 107 cm³/mol. The highest BCUT2D eigenvalue weighted by Crippen LogP contribution is 2.40. The van der Waals surface area contributed by atoms with Crippen molar-refractivity contribution < 1.29 is 29.3 Å². The molecule has 0 aromatic heterocycles. The van der Waals surface area contributed by atoms with Crippen LogP contribution >= 0.6 is 0 Å². The van der Waals surface area contributed by atoms with Gasteiger partial charge in [0.1, 0.15) is 17.3 Å². The van der Waals surface area contributed by atoms with Crippen LogP contribution in [0.5, 0.6) is 11.5 Å². The summed E-state index contributed by atoms with van der Waals surface area (Å²) in [5, 5.41) is 20.1. The van der Waals surface area contributed by atoms with Crippen LogP contribution in [-0.2, 0) is 9.59 Å². The lowest BCUT2D eigenvalue weighted by Crippen LogP contribution is -2.31. The number of hydrogen-bond acceptors (Lipinski definition) is 6. The maximum absolute atomic E-state index is 12.8. The minimum absolute atomic E-state index is 0.0169. The second kappa shape index (κ2) is 8.79. The molecule has 1 saturated heterocycles. The Morgan fingerprint density at radius 3 is 2.03 bits per heavy atom. The van der Waals surface area contributed by atoms with Gasteiger partial charge in [-0.25, -0.2) is 0 Å². The van der Waals surface area contributed by atoms with E-state index >= 15 is 0 Å². The van der Waals surface area contributed by atoms with Crippen molar-refractivity contribution in [3.8, 4) is 11.5 Å². The quantitative estimate of drug-likeness (QED) is 0.423. The fourth-order valence-corrected chi connectivity index (χ4v) is 3.39. The van der Waals surface area contributed by atoms with Gasteiger partial charge in [0.15, 0.2) is 0 Å². The molecule has 7 nitrogen and oxygen atoms in total. The average molecular weight is 397 g/mol. The molecule has 0 radical (unpaired) electrons. The molecule has 7 heteroatoms. The van der Waals surface area contributed by atoms with E-state index in [-0.39, 0.29) is 24.5 Å². The molecule has 3 rings (SSSR count). The van der Waals surface area contributed by atoms with Crippen molar-refractivity contribution in [2.24, 2.45) is 0 Å². The van der Waals surface area contributed by atoms with Gasteiger partial charge in [-0.3, -0.25) is 9.59 Å². The number of hydrogen-bond donors (Lipinski definition) is 2. The van der Waals surface area contributed by atoms with E-state index in [1.807, 2.05) is 0 Å². The Kier molecular flexibility index (Phi) is 6.19. The first-order chi connectivity index (χ1) is 14.0. The molecule has 0 bridgehead atoms. The molecule has 0 spiro atoms. The maximum Gasteiger partial charge on any atom is 0.295 e. The summed E-state index contributed by atoms with van der Waals surface area (Å²) in [6.45, 7) is 0.0774. The standard InChI is InChI=1S/C22H23NO6/c1-28-16-8-4-14(5-9-16)19-18(21(26)22(27)23(19)12-3-13-24)20(25)15-6-10-17(29-2)11-7-15/h4-11,19,24-25H,3,12-13H2,1-2H3/b20-18-. The Hall–Kier alpha value is -3.32. The minimum atomic E-state index is -0.755. The third-order valence-electron chi connectivity index (χ3n) is 4.89. The number of rotatable bonds is 7. The normalized spacial score (nSPS) is 18.2. The highest BCUT2D eigenvalue weighted by atomic mass is 16.5. The van der Waals surface area contributed by atoms with Crippen LogP contribution in [0.3, 0.4) is 0 Å². The van der Waals surface area contributed by atoms with Crippen LogP contribution in [0.1, 0.15) is 23.6 Å². The van der Waals surface area contributed by atoms with Gasteiger partial charge >= 0.3 is 0 Å². The van der Waals surface area contributed by atoms with Crippen LogP contribution in [-0.4, -0.2) is 54.2 Å². The summed E-state index contributed by atoms with van der Waals surface area (Å²) in [7, 11) is 3.08. The van der Waals surface area contributed by atoms with Crippen LogP contribution in [0.25, 0.3) is 5.76 Å². The van der Waals surface area contributed by atoms with Crippen molar-refractivity contribution >= 4 is 17.4 Å². The van der Waals surface area contributed by atoms with E-state index in [0.717, 1.165) is 0 Å². The summed E-state index contributed by atoms with van der Waals surface area (Å²) in [6, 6.07) is 12.8. The van der Waals surface area contributed by atoms with Crippen LogP contribution in [0.15, 0.2) is 54.1 Å². The number of ether oxygens (including phenoxy) is 2. The molecule has 1 fully saturated rings. The molecule has 2 aromatic carbocycles. The topological polar surface area (TPSA) is 96.3 Å². The first-order valence-corrected chi connectivity index (χ1v) is 9.19. The van der Waals surface area contributed by atoms with Gasteiger partial charge in [0.05, 0.1) is 25.8 Å². The molecule has 1 unspecified atom stereocenters. The zero-order valence-corrected chi connectivity index (χ0v) is 16.3. The smallest absolute Gasteiger partial charge is 0.295 e. The van der Waals surface area contributed by atoms with E-state index in [4.69, 9.17) is 9.47 Å². The number of benzene rings is 2. The molecule has 1 aliphatic rings. The maximum atomic E-state index is 12.8. The summed E-state index contributed by atoms with van der Waals surface area (Å²) in [6.07, 6.45) is 0.322. The number of carbonyl (C=O) groups is 2. The third-order valence-corrected chi connectivity index (χ3v) is 4.89. The van der Waals surface area contributed by atoms with Crippen molar-refractivity contribution in [2.45, 2.75) is 12.5 Å². The minimum Gasteiger partial charge on any atom is -0.507 e. The molecular formula is C22H23NO6. The Bertz CT molecular complexity index is 917. The van der Waals surface area contributed by atoms with Crippen molar-refractivity contribution in [1.29, 1.82) is 0 Å². The van der Waals surface area contributed by atoms with Gasteiger partial charge in [0.25, 0.3) is 11.7 Å². The molecule has 1 amide bonds. The van der Waals surface area contributed by atoms with E-state index in [1.54, 1.807) is 55.6 Å². The van der Waals surface area contributed by atoms with E-state index in [2.05, 4.69) is 0 Å². The second-order valence-corrected chi connectivity index (χ2v) is 6.57. The van der Waals surface area contributed by atoms with E-state index in [9.17, 15) is 19.8 Å². The van der Waals surface area contributed by atoms with Crippen molar-refractivity contribution in [2.75, 3.05) is 27.4 Å². The highest BCUT2D eigenvalue weighted by Gasteiger charge is 2.45. The summed E-state index contributed by atoms with van der Waals surface area (Å²) in [4.78, 5) is 26.9. The van der Waals surface area contributed by atoms with Gasteiger partial charge < -0.3 is 24.6 Å². The lowest BCUT2D eigenvalue weighted by atomic mass is 9.95. The first-order valence-electron chi connectivity index (χ1n) is 9.19. The highest BCUT2D eigenvalue weighted by molar-refractivity contribution is 6.46. The zero-order chi connectivity index (χ0) is 21.0. The Morgan fingerprint density at radius 1 is 0.966 bits per heavy atom. The Balaban J connectivity index is 2.11. The summed E-state index contributed by atoms with van der Waals surface area (Å²) in [5.41, 5.74) is 1.09. The second-order valence-electron chi connectivity index (χ2n) is 6.57. The van der Waals surface area contributed by atoms with Gasteiger partial charge in [-0.2, -0.15) is 0 Å². The first kappa shape index (κ1) is 20.4. The molecule has 29 heavy (non-hydrogen) atoms. The van der Waals surface area contributed by atoms with Gasteiger partial charge in [0, 0.05) is 18.7 Å². The fraction of sp³-hybridized carbons (Fsp3) is 0.273. The molecule has 1 aliphatic heterocycles. The number of likely N-dealkylation sites (tertiary alicyclic amines) is 1. The summed E-state index contributed by atoms with van der Waals surface area (Å²) < 4.78 is 10.3. The van der Waals surface area contributed by atoms with Crippen LogP contribution in [0, 0.1) is 0 Å². The largest absolute Gasteiger partial charge is 0.507 e. The average Bonchev–Trinajstić information content (AvgIpc) is 3.02. The molecule has 0 aliphatic carbocycles. The SMILES string of the molecule is COc1ccc(/C(O)=C2/C(=O)C(=O)N(CCCO)C2c2ccc(OC)cc2)cc1. The van der Waals surface area contributed by atoms with E-state index in [0.29, 0.717) is 29.0 Å². The van der Waals surface area contributed by atoms with Crippen LogP contribution < -0.4 is 9.47 Å². The van der Waals surface area contributed by atoms with Crippen LogP contribution in [0.4, 0.5) is 0 Å². The fourth-order valence-electron chi connectivity index (χ4n) is 3.39. The van der Waals surface area contributed by atoms with Crippen molar-refractivity contribution in [1.82, 2.24) is 4.90 Å². The Morgan fingerprint density at radius 2 is 1.52 bits per heavy atom. The number of carbonyl (C=O) groups excluding carboxylic acids is 2. The number of aliphatic hydroxyl groups excluding tert-OH is 2. The van der Waals surface area contributed by atoms with Gasteiger partial charge in [-0.15, -0.1) is 0 Å². The number of amides is 1. The number of aliphatic hydroxyl groups is 2. The number of methoxy groups -OCH3 is 2. The number of nitrogens with zero attached hydrogens (tertiary/aromatic N) is 1. The van der Waals surface area contributed by atoms with Crippen molar-refractivity contribution in [3.63, 3.8) is 0 Å². The Labute approximate surface area is 168 Å². The van der Waals surface area contributed by atoms with E-state index < -0.39 is 17.7 Å². The van der Waals surface area contributed by atoms with Crippen molar-refractivity contribution in [3.05, 3.63) is 65.2 Å². The van der Waals surface area contributed by atoms with Gasteiger partial charge in [-0.05, 0) is 48.4 Å². The summed E-state index contributed by atoms with van der Waals surface area (Å²) >= 11 is 0. The molecule has 0 saturated carbocycles. The third kappa shape index (κ3) is 3.95. The van der Waals surface area contributed by atoms with Gasteiger partial charge in [-0.1, -0.05) is 12.1 Å². The molecule has 1 atom stereocenters. The zero-order valence-electron chi connectivity index (χ0n) is 16.3. The number of ketones is 1. The lowest BCUT2D eigenvalue weighted by molar-refractivity contribution is -0.140. The number of Topliss-reactive ketones (excluding diaryl/α,β-unsaturated/α-hetero) is 1. The monoisotopic (exact) mass is 397 g/mol. The predicted octanol–water partition coefficient (Wildman–Crippen LogP) is 2.51. The molecule has 2 N–H and O–H groups in total. The molecule has 1 heterocycles. The van der Waals surface area contributed by atoms with Gasteiger partial charge in [0.2, 0.25) is 0 Å². The molecule has 2 aromatic rings. The molecular weight excluding hydrogens is 374 g/mol. The summed E-state index contributed by atoms with van der Waals surface area (Å²) in [5.74, 6) is -0.461. The lowest BCUT2D eigenvalue weighted by Gasteiger charge is -2.25. The molecule has 152 valence electrons. The van der Waals surface area contributed by atoms with Crippen LogP contribution in [0.2, 0.25) is 0 Å². The van der Waals surface area contributed by atoms with E-state index in [1.165, 1.54) is 12.0 Å².